The van der Waals surface area contributed by atoms with Gasteiger partial charge in [-0.05, 0) is 42.3 Å². The van der Waals surface area contributed by atoms with Gasteiger partial charge >= 0.3 is 0 Å². The highest BCUT2D eigenvalue weighted by Crippen LogP contribution is 2.24. The molecule has 0 aliphatic rings. The first-order valence-electron chi connectivity index (χ1n) is 6.61. The third-order valence-corrected chi connectivity index (χ3v) is 4.66. The van der Waals surface area contributed by atoms with Gasteiger partial charge < -0.3 is 5.32 Å². The minimum Gasteiger partial charge on any atom is -0.310 e. The van der Waals surface area contributed by atoms with Crippen LogP contribution in [-0.4, -0.2) is 18.1 Å². The van der Waals surface area contributed by atoms with Gasteiger partial charge in [-0.2, -0.15) is 11.8 Å². The van der Waals surface area contributed by atoms with E-state index in [1.807, 2.05) is 18.7 Å². The van der Waals surface area contributed by atoms with Crippen LogP contribution in [-0.2, 0) is 0 Å². The average molecular weight is 286 g/mol. The topological polar surface area (TPSA) is 12.0 Å². The number of aryl methyl sites for hydroxylation is 1. The van der Waals surface area contributed by atoms with Crippen LogP contribution < -0.4 is 5.32 Å². The second-order valence-corrected chi connectivity index (χ2v) is 6.53. The molecule has 0 saturated heterocycles. The molecule has 0 saturated carbocycles. The van der Waals surface area contributed by atoms with Crippen LogP contribution in [0.3, 0.4) is 0 Å². The van der Waals surface area contributed by atoms with Crippen molar-refractivity contribution in [3.8, 4) is 0 Å². The zero-order chi connectivity index (χ0) is 13.5. The Hall–Kier alpha value is -0.180. The Balaban J connectivity index is 2.67. The molecule has 0 bridgehead atoms. The Morgan fingerprint density at radius 1 is 1.28 bits per heavy atom. The normalized spacial score (nSPS) is 13.0. The van der Waals surface area contributed by atoms with E-state index in [2.05, 4.69) is 44.3 Å². The maximum atomic E-state index is 6.21. The smallest absolute Gasteiger partial charge is 0.0438 e. The molecule has 1 atom stereocenters. The van der Waals surface area contributed by atoms with E-state index in [9.17, 15) is 0 Å². The van der Waals surface area contributed by atoms with Gasteiger partial charge in [0.2, 0.25) is 0 Å². The maximum Gasteiger partial charge on any atom is 0.0438 e. The third-order valence-electron chi connectivity index (χ3n) is 2.78. The lowest BCUT2D eigenvalue weighted by molar-refractivity contribution is 0.605. The molecule has 0 aliphatic carbocycles. The summed E-state index contributed by atoms with van der Waals surface area (Å²) < 4.78 is 0. The lowest BCUT2D eigenvalue weighted by Gasteiger charge is -2.19. The fraction of sp³-hybridized carbons (Fsp3) is 0.600. The second kappa shape index (κ2) is 8.08. The molecule has 1 unspecified atom stereocenters. The molecule has 1 aromatic rings. The SMILES string of the molecule is CCNC(CSCC(C)C)c1ccc(C)c(Cl)c1. The molecule has 1 nitrogen and oxygen atoms in total. The molecule has 1 rings (SSSR count). The highest BCUT2D eigenvalue weighted by molar-refractivity contribution is 7.99. The van der Waals surface area contributed by atoms with E-state index in [1.165, 1.54) is 11.3 Å². The van der Waals surface area contributed by atoms with Crippen LogP contribution in [0.1, 0.15) is 37.9 Å². The minimum atomic E-state index is 0.400. The Kier molecular flexibility index (Phi) is 7.13. The maximum absolute atomic E-state index is 6.21. The summed E-state index contributed by atoms with van der Waals surface area (Å²) in [5, 5.41) is 4.40. The van der Waals surface area contributed by atoms with Gasteiger partial charge in [-0.1, -0.05) is 44.5 Å². The molecule has 0 spiro atoms. The van der Waals surface area contributed by atoms with E-state index in [0.29, 0.717) is 6.04 Å². The highest BCUT2D eigenvalue weighted by atomic mass is 35.5. The van der Waals surface area contributed by atoms with Crippen molar-refractivity contribution in [1.82, 2.24) is 5.32 Å². The van der Waals surface area contributed by atoms with Gasteiger partial charge in [0, 0.05) is 16.8 Å². The van der Waals surface area contributed by atoms with Gasteiger partial charge in [-0.15, -0.1) is 0 Å². The fourth-order valence-electron chi connectivity index (χ4n) is 1.77. The molecule has 102 valence electrons. The number of benzene rings is 1. The predicted molar refractivity (Wildman–Crippen MR) is 84.8 cm³/mol. The van der Waals surface area contributed by atoms with Crippen molar-refractivity contribution >= 4 is 23.4 Å². The summed E-state index contributed by atoms with van der Waals surface area (Å²) in [6.07, 6.45) is 0. The van der Waals surface area contributed by atoms with Gasteiger partial charge in [0.25, 0.3) is 0 Å². The van der Waals surface area contributed by atoms with Gasteiger partial charge in [-0.25, -0.2) is 0 Å². The van der Waals surface area contributed by atoms with E-state index in [-0.39, 0.29) is 0 Å². The number of halogens is 1. The molecule has 0 radical (unpaired) electrons. The molecule has 1 aromatic carbocycles. The van der Waals surface area contributed by atoms with E-state index in [4.69, 9.17) is 11.6 Å². The Morgan fingerprint density at radius 2 is 2.00 bits per heavy atom. The first-order chi connectivity index (χ1) is 8.54. The lowest BCUT2D eigenvalue weighted by atomic mass is 10.1. The first kappa shape index (κ1) is 15.9. The predicted octanol–water partition coefficient (Wildman–Crippen LogP) is 4.69. The molecule has 0 heterocycles. The van der Waals surface area contributed by atoms with Gasteiger partial charge in [0.15, 0.2) is 0 Å². The van der Waals surface area contributed by atoms with E-state index in [0.717, 1.165) is 28.8 Å². The van der Waals surface area contributed by atoms with Crippen LogP contribution >= 0.6 is 23.4 Å². The molecule has 3 heteroatoms. The number of hydrogen-bond acceptors (Lipinski definition) is 2. The molecule has 0 amide bonds. The summed E-state index contributed by atoms with van der Waals surface area (Å²) in [4.78, 5) is 0. The summed E-state index contributed by atoms with van der Waals surface area (Å²) >= 11 is 8.22. The monoisotopic (exact) mass is 285 g/mol. The Bertz CT molecular complexity index is 366. The van der Waals surface area contributed by atoms with E-state index < -0.39 is 0 Å². The summed E-state index contributed by atoms with van der Waals surface area (Å²) in [6.45, 7) is 9.70. The zero-order valence-corrected chi connectivity index (χ0v) is 13.4. The fourth-order valence-corrected chi connectivity index (χ4v) is 3.11. The van der Waals surface area contributed by atoms with E-state index in [1.54, 1.807) is 0 Å². The van der Waals surface area contributed by atoms with Crippen LogP contribution in [0.5, 0.6) is 0 Å². The molecular formula is C15H24ClNS. The molecule has 1 N–H and O–H groups in total. The van der Waals surface area contributed by atoms with Crippen molar-refractivity contribution < 1.29 is 0 Å². The van der Waals surface area contributed by atoms with Crippen molar-refractivity contribution in [2.75, 3.05) is 18.1 Å². The molecule has 0 aromatic heterocycles. The zero-order valence-electron chi connectivity index (χ0n) is 11.8. The number of nitrogens with one attached hydrogen (secondary N) is 1. The summed E-state index contributed by atoms with van der Waals surface area (Å²) in [7, 11) is 0. The number of rotatable bonds is 7. The minimum absolute atomic E-state index is 0.400. The van der Waals surface area contributed by atoms with Gasteiger partial charge in [0.05, 0.1) is 0 Å². The van der Waals surface area contributed by atoms with Crippen LogP contribution in [0.25, 0.3) is 0 Å². The standard InChI is InChI=1S/C15H24ClNS/c1-5-17-15(10-18-9-11(2)3)13-7-6-12(4)14(16)8-13/h6-8,11,15,17H,5,9-10H2,1-4H3. The van der Waals surface area contributed by atoms with Crippen molar-refractivity contribution in [3.05, 3.63) is 34.3 Å². The lowest BCUT2D eigenvalue weighted by Crippen LogP contribution is -2.23. The van der Waals surface area contributed by atoms with Crippen LogP contribution in [0.4, 0.5) is 0 Å². The molecule has 0 aliphatic heterocycles. The average Bonchev–Trinajstić information content (AvgIpc) is 2.31. The van der Waals surface area contributed by atoms with Gasteiger partial charge in [0.1, 0.15) is 0 Å². The largest absolute Gasteiger partial charge is 0.310 e. The Morgan fingerprint density at radius 3 is 2.56 bits per heavy atom. The number of thioether (sulfide) groups is 1. The summed E-state index contributed by atoms with van der Waals surface area (Å²) in [5.74, 6) is 3.06. The molecule has 0 fully saturated rings. The Labute approximate surface area is 121 Å². The van der Waals surface area contributed by atoms with Crippen LogP contribution in [0.2, 0.25) is 5.02 Å². The van der Waals surface area contributed by atoms with Crippen LogP contribution in [0.15, 0.2) is 18.2 Å². The molecule has 18 heavy (non-hydrogen) atoms. The molecular weight excluding hydrogens is 262 g/mol. The third kappa shape index (κ3) is 5.21. The van der Waals surface area contributed by atoms with Crippen molar-refractivity contribution in [2.24, 2.45) is 5.92 Å². The van der Waals surface area contributed by atoms with Crippen LogP contribution in [0, 0.1) is 12.8 Å². The summed E-state index contributed by atoms with van der Waals surface area (Å²) in [6, 6.07) is 6.79. The van der Waals surface area contributed by atoms with Crippen molar-refractivity contribution in [1.29, 1.82) is 0 Å². The van der Waals surface area contributed by atoms with Crippen molar-refractivity contribution in [2.45, 2.75) is 33.7 Å². The highest BCUT2D eigenvalue weighted by Gasteiger charge is 2.11. The van der Waals surface area contributed by atoms with Crippen molar-refractivity contribution in [3.63, 3.8) is 0 Å². The van der Waals surface area contributed by atoms with Gasteiger partial charge in [-0.3, -0.25) is 0 Å². The quantitative estimate of drug-likeness (QED) is 0.780. The number of hydrogen-bond donors (Lipinski definition) is 1. The summed E-state index contributed by atoms with van der Waals surface area (Å²) in [5.41, 5.74) is 2.44. The first-order valence-corrected chi connectivity index (χ1v) is 8.15. The second-order valence-electron chi connectivity index (χ2n) is 5.05. The van der Waals surface area contributed by atoms with E-state index >= 15 is 0 Å².